The van der Waals surface area contributed by atoms with Crippen LogP contribution in [0.5, 0.6) is 0 Å². The molecule has 0 saturated heterocycles. The van der Waals surface area contributed by atoms with Gasteiger partial charge in [-0.1, -0.05) is 41.9 Å². The Kier molecular flexibility index (Phi) is 5.23. The van der Waals surface area contributed by atoms with Crippen LogP contribution in [0, 0.1) is 5.92 Å². The fourth-order valence-electron chi connectivity index (χ4n) is 3.02. The summed E-state index contributed by atoms with van der Waals surface area (Å²) in [6.07, 6.45) is 0.855. The van der Waals surface area contributed by atoms with Gasteiger partial charge in [0.2, 0.25) is 5.91 Å². The SMILES string of the molecule is CC(C)C(=O)N1CCc2ccc(NC(=O)c3cccc(Br)c3)cc2C1. The van der Waals surface area contributed by atoms with Crippen molar-refractivity contribution in [1.29, 1.82) is 0 Å². The van der Waals surface area contributed by atoms with E-state index in [1.165, 1.54) is 5.56 Å². The molecule has 25 heavy (non-hydrogen) atoms. The quantitative estimate of drug-likeness (QED) is 0.837. The molecule has 2 aromatic rings. The Hall–Kier alpha value is -2.14. The fourth-order valence-corrected chi connectivity index (χ4v) is 3.42. The number of carbonyl (C=O) groups excluding carboxylic acids is 2. The van der Waals surface area contributed by atoms with E-state index in [2.05, 4.69) is 21.2 Å². The van der Waals surface area contributed by atoms with E-state index in [0.29, 0.717) is 12.1 Å². The van der Waals surface area contributed by atoms with Crippen LogP contribution in [0.4, 0.5) is 5.69 Å². The maximum atomic E-state index is 12.4. The molecule has 2 amide bonds. The zero-order valence-corrected chi connectivity index (χ0v) is 16.0. The van der Waals surface area contributed by atoms with E-state index in [9.17, 15) is 9.59 Å². The third-order valence-electron chi connectivity index (χ3n) is 4.37. The first-order chi connectivity index (χ1) is 11.9. The molecule has 0 aromatic heterocycles. The maximum Gasteiger partial charge on any atom is 0.255 e. The Morgan fingerprint density at radius 1 is 1.12 bits per heavy atom. The van der Waals surface area contributed by atoms with E-state index >= 15 is 0 Å². The lowest BCUT2D eigenvalue weighted by Gasteiger charge is -2.30. The summed E-state index contributed by atoms with van der Waals surface area (Å²) in [5.41, 5.74) is 3.70. The number of halogens is 1. The highest BCUT2D eigenvalue weighted by atomic mass is 79.9. The monoisotopic (exact) mass is 400 g/mol. The van der Waals surface area contributed by atoms with Gasteiger partial charge in [-0.3, -0.25) is 9.59 Å². The van der Waals surface area contributed by atoms with Gasteiger partial charge in [-0.15, -0.1) is 0 Å². The highest BCUT2D eigenvalue weighted by Crippen LogP contribution is 2.24. The topological polar surface area (TPSA) is 49.4 Å². The van der Waals surface area contributed by atoms with Gasteiger partial charge in [-0.05, 0) is 47.9 Å². The van der Waals surface area contributed by atoms with Crippen LogP contribution in [0.15, 0.2) is 46.9 Å². The molecule has 0 bridgehead atoms. The summed E-state index contributed by atoms with van der Waals surface area (Å²) in [4.78, 5) is 26.5. The average molecular weight is 401 g/mol. The van der Waals surface area contributed by atoms with Crippen molar-refractivity contribution in [2.24, 2.45) is 5.92 Å². The highest BCUT2D eigenvalue weighted by Gasteiger charge is 2.22. The van der Waals surface area contributed by atoms with Crippen LogP contribution in [0.2, 0.25) is 0 Å². The van der Waals surface area contributed by atoms with Crippen LogP contribution in [-0.4, -0.2) is 23.3 Å². The van der Waals surface area contributed by atoms with E-state index in [1.807, 2.05) is 49.1 Å². The lowest BCUT2D eigenvalue weighted by atomic mass is 9.98. The van der Waals surface area contributed by atoms with Crippen molar-refractivity contribution in [3.8, 4) is 0 Å². The molecular formula is C20H21BrN2O2. The molecule has 0 unspecified atom stereocenters. The first kappa shape index (κ1) is 17.7. The maximum absolute atomic E-state index is 12.4. The average Bonchev–Trinajstić information content (AvgIpc) is 2.60. The molecule has 2 aromatic carbocycles. The molecule has 0 aliphatic carbocycles. The number of benzene rings is 2. The number of nitrogens with one attached hydrogen (secondary N) is 1. The Morgan fingerprint density at radius 3 is 2.64 bits per heavy atom. The van der Waals surface area contributed by atoms with Crippen molar-refractivity contribution in [3.05, 3.63) is 63.6 Å². The third-order valence-corrected chi connectivity index (χ3v) is 4.86. The number of hydrogen-bond donors (Lipinski definition) is 1. The Labute approximate surface area is 156 Å². The summed E-state index contributed by atoms with van der Waals surface area (Å²) in [5.74, 6) is 0.0300. The number of anilines is 1. The third kappa shape index (κ3) is 4.10. The fraction of sp³-hybridized carbons (Fsp3) is 0.300. The van der Waals surface area contributed by atoms with Gasteiger partial charge in [-0.25, -0.2) is 0 Å². The van der Waals surface area contributed by atoms with Gasteiger partial charge in [0.05, 0.1) is 0 Å². The minimum atomic E-state index is -0.146. The molecule has 0 radical (unpaired) electrons. The number of rotatable bonds is 3. The van der Waals surface area contributed by atoms with E-state index < -0.39 is 0 Å². The summed E-state index contributed by atoms with van der Waals surface area (Å²) >= 11 is 3.38. The van der Waals surface area contributed by atoms with Crippen LogP contribution in [-0.2, 0) is 17.8 Å². The molecule has 0 saturated carbocycles. The summed E-state index contributed by atoms with van der Waals surface area (Å²) in [5, 5.41) is 2.94. The van der Waals surface area contributed by atoms with E-state index in [-0.39, 0.29) is 17.7 Å². The second-order valence-electron chi connectivity index (χ2n) is 6.61. The number of hydrogen-bond acceptors (Lipinski definition) is 2. The Balaban J connectivity index is 1.76. The molecule has 0 spiro atoms. The van der Waals surface area contributed by atoms with Gasteiger partial charge in [-0.2, -0.15) is 0 Å². The smallest absolute Gasteiger partial charge is 0.255 e. The molecule has 1 N–H and O–H groups in total. The van der Waals surface area contributed by atoms with Gasteiger partial charge >= 0.3 is 0 Å². The van der Waals surface area contributed by atoms with Gasteiger partial charge in [0.25, 0.3) is 5.91 Å². The molecule has 3 rings (SSSR count). The number of fused-ring (bicyclic) bond motifs is 1. The predicted molar refractivity (Wildman–Crippen MR) is 102 cm³/mol. The van der Waals surface area contributed by atoms with Crippen molar-refractivity contribution in [3.63, 3.8) is 0 Å². The normalized spacial score (nSPS) is 13.5. The second kappa shape index (κ2) is 7.40. The summed E-state index contributed by atoms with van der Waals surface area (Å²) in [6, 6.07) is 13.2. The molecule has 4 nitrogen and oxygen atoms in total. The predicted octanol–water partition coefficient (Wildman–Crippen LogP) is 4.24. The highest BCUT2D eigenvalue weighted by molar-refractivity contribution is 9.10. The van der Waals surface area contributed by atoms with Crippen molar-refractivity contribution in [1.82, 2.24) is 4.90 Å². The minimum absolute atomic E-state index is 0.000891. The van der Waals surface area contributed by atoms with E-state index in [0.717, 1.165) is 28.7 Å². The van der Waals surface area contributed by atoms with Crippen molar-refractivity contribution < 1.29 is 9.59 Å². The molecule has 1 aliphatic heterocycles. The molecule has 0 atom stereocenters. The van der Waals surface area contributed by atoms with Gasteiger partial charge in [0.15, 0.2) is 0 Å². The minimum Gasteiger partial charge on any atom is -0.338 e. The second-order valence-corrected chi connectivity index (χ2v) is 7.53. The first-order valence-electron chi connectivity index (χ1n) is 8.41. The molecule has 5 heteroatoms. The first-order valence-corrected chi connectivity index (χ1v) is 9.21. The summed E-state index contributed by atoms with van der Waals surface area (Å²) in [7, 11) is 0. The van der Waals surface area contributed by atoms with Crippen molar-refractivity contribution >= 4 is 33.4 Å². The lowest BCUT2D eigenvalue weighted by Crippen LogP contribution is -2.38. The largest absolute Gasteiger partial charge is 0.338 e. The Bertz CT molecular complexity index is 817. The van der Waals surface area contributed by atoms with Crippen LogP contribution in [0.1, 0.15) is 35.3 Å². The van der Waals surface area contributed by atoms with Crippen molar-refractivity contribution in [2.45, 2.75) is 26.8 Å². The van der Waals surface area contributed by atoms with E-state index in [1.54, 1.807) is 12.1 Å². The van der Waals surface area contributed by atoms with Gasteiger partial charge < -0.3 is 10.2 Å². The molecule has 0 fully saturated rings. The zero-order chi connectivity index (χ0) is 18.0. The molecule has 130 valence electrons. The Morgan fingerprint density at radius 2 is 1.92 bits per heavy atom. The molecule has 1 aliphatic rings. The lowest BCUT2D eigenvalue weighted by molar-refractivity contribution is -0.135. The zero-order valence-electron chi connectivity index (χ0n) is 14.4. The standard InChI is InChI=1S/C20H21BrN2O2/c1-13(2)20(25)23-9-8-14-6-7-18(11-16(14)12-23)22-19(24)15-4-3-5-17(21)10-15/h3-7,10-11,13H,8-9,12H2,1-2H3,(H,22,24). The summed E-state index contributed by atoms with van der Waals surface area (Å²) in [6.45, 7) is 5.21. The number of amides is 2. The van der Waals surface area contributed by atoms with E-state index in [4.69, 9.17) is 0 Å². The number of carbonyl (C=O) groups is 2. The summed E-state index contributed by atoms with van der Waals surface area (Å²) < 4.78 is 0.869. The van der Waals surface area contributed by atoms with Crippen molar-refractivity contribution in [2.75, 3.05) is 11.9 Å². The van der Waals surface area contributed by atoms with Crippen LogP contribution < -0.4 is 5.32 Å². The van der Waals surface area contributed by atoms with Crippen LogP contribution in [0.3, 0.4) is 0 Å². The molecule has 1 heterocycles. The van der Waals surface area contributed by atoms with Gasteiger partial charge in [0, 0.05) is 34.7 Å². The number of nitrogens with zero attached hydrogens (tertiary/aromatic N) is 1. The van der Waals surface area contributed by atoms with Crippen LogP contribution in [0.25, 0.3) is 0 Å². The van der Waals surface area contributed by atoms with Gasteiger partial charge in [0.1, 0.15) is 0 Å². The molecular weight excluding hydrogens is 380 g/mol. The van der Waals surface area contributed by atoms with Crippen LogP contribution >= 0.6 is 15.9 Å².